The van der Waals surface area contributed by atoms with Gasteiger partial charge in [-0.3, -0.25) is 4.79 Å². The second-order valence-corrected chi connectivity index (χ2v) is 10.9. The summed E-state index contributed by atoms with van der Waals surface area (Å²) < 4.78 is 11.5. The fraction of sp³-hybridized carbons (Fsp3) is 0.618. The minimum absolute atomic E-state index is 0.0548. The summed E-state index contributed by atoms with van der Waals surface area (Å²) in [4.78, 5) is 12.5. The van der Waals surface area contributed by atoms with Crippen LogP contribution in [0.1, 0.15) is 114 Å². The smallest absolute Gasteiger partial charge is 0.135 e. The van der Waals surface area contributed by atoms with Crippen LogP contribution < -0.4 is 4.74 Å². The average Bonchev–Trinajstić information content (AvgIpc) is 2.94. The minimum Gasteiger partial charge on any atom is -0.508 e. The van der Waals surface area contributed by atoms with Crippen molar-refractivity contribution in [2.75, 3.05) is 7.11 Å². The maximum Gasteiger partial charge on any atom is 0.135 e. The van der Waals surface area contributed by atoms with Gasteiger partial charge in [0.05, 0.1) is 25.9 Å². The Labute approximate surface area is 236 Å². The Balaban J connectivity index is 1.73. The van der Waals surface area contributed by atoms with Gasteiger partial charge in [0.25, 0.3) is 0 Å². The van der Waals surface area contributed by atoms with Crippen LogP contribution in [0.5, 0.6) is 11.5 Å². The fourth-order valence-corrected chi connectivity index (χ4v) is 4.94. The molecule has 0 amide bonds. The number of benzene rings is 2. The van der Waals surface area contributed by atoms with E-state index in [-0.39, 0.29) is 24.1 Å². The molecule has 0 heterocycles. The Bertz CT molecular complexity index is 877. The highest BCUT2D eigenvalue weighted by Gasteiger charge is 2.18. The number of hydrogen-bond donors (Lipinski definition) is 2. The predicted octanol–water partition coefficient (Wildman–Crippen LogP) is 8.33. The first-order chi connectivity index (χ1) is 19.0. The summed E-state index contributed by atoms with van der Waals surface area (Å²) in [5, 5.41) is 20.1. The molecular weight excluding hydrogens is 488 g/mol. The number of ether oxygens (including phenoxy) is 2. The van der Waals surface area contributed by atoms with Gasteiger partial charge in [-0.2, -0.15) is 0 Å². The van der Waals surface area contributed by atoms with Crippen LogP contribution in [-0.2, 0) is 22.6 Å². The van der Waals surface area contributed by atoms with Gasteiger partial charge in [-0.15, -0.1) is 0 Å². The molecule has 2 N–H and O–H groups in total. The lowest BCUT2D eigenvalue weighted by Crippen LogP contribution is -2.23. The molecule has 2 aromatic rings. The normalized spacial score (nSPS) is 12.8. The highest BCUT2D eigenvalue weighted by atomic mass is 16.5. The van der Waals surface area contributed by atoms with Crippen molar-refractivity contribution in [2.45, 2.75) is 128 Å². The summed E-state index contributed by atoms with van der Waals surface area (Å²) in [7, 11) is 1.66. The van der Waals surface area contributed by atoms with Gasteiger partial charge < -0.3 is 19.7 Å². The van der Waals surface area contributed by atoms with Gasteiger partial charge in [-0.25, -0.2) is 0 Å². The number of aromatic hydroxyl groups is 1. The van der Waals surface area contributed by atoms with Crippen LogP contribution in [0.25, 0.3) is 0 Å². The quantitative estimate of drug-likeness (QED) is 0.139. The molecule has 0 spiro atoms. The number of hydrogen-bond acceptors (Lipinski definition) is 5. The van der Waals surface area contributed by atoms with E-state index in [0.717, 1.165) is 29.7 Å². The second-order valence-electron chi connectivity index (χ2n) is 10.9. The molecule has 0 aromatic heterocycles. The SMILES string of the molecule is CCCCCCCCCCCCC[C@H](C[C@H](O)CC(=O)CCc1ccc(O)cc1)OCc1ccc(OC)cc1. The van der Waals surface area contributed by atoms with E-state index in [1.54, 1.807) is 19.2 Å². The Morgan fingerprint density at radius 2 is 1.36 bits per heavy atom. The largest absolute Gasteiger partial charge is 0.508 e. The van der Waals surface area contributed by atoms with E-state index in [1.165, 1.54) is 64.2 Å². The Morgan fingerprint density at radius 1 is 0.795 bits per heavy atom. The van der Waals surface area contributed by atoms with Crippen molar-refractivity contribution in [2.24, 2.45) is 0 Å². The molecule has 2 aromatic carbocycles. The molecule has 5 nitrogen and oxygen atoms in total. The molecule has 0 aliphatic carbocycles. The van der Waals surface area contributed by atoms with Crippen LogP contribution in [0.15, 0.2) is 48.5 Å². The molecule has 0 aliphatic rings. The van der Waals surface area contributed by atoms with Gasteiger partial charge in [-0.05, 0) is 54.7 Å². The van der Waals surface area contributed by atoms with Gasteiger partial charge >= 0.3 is 0 Å². The number of carbonyl (C=O) groups excluding carboxylic acids is 1. The van der Waals surface area contributed by atoms with Crippen LogP contribution in [-0.4, -0.2) is 35.3 Å². The topological polar surface area (TPSA) is 76.0 Å². The lowest BCUT2D eigenvalue weighted by Gasteiger charge is -2.21. The van der Waals surface area contributed by atoms with Crippen molar-refractivity contribution >= 4 is 5.78 Å². The number of aliphatic hydroxyl groups is 1. The van der Waals surface area contributed by atoms with Crippen molar-refractivity contribution < 1.29 is 24.5 Å². The maximum absolute atomic E-state index is 12.5. The Morgan fingerprint density at radius 3 is 1.95 bits per heavy atom. The fourth-order valence-electron chi connectivity index (χ4n) is 4.94. The van der Waals surface area contributed by atoms with E-state index in [2.05, 4.69) is 6.92 Å². The van der Waals surface area contributed by atoms with Crippen molar-refractivity contribution in [3.63, 3.8) is 0 Å². The number of phenolic OH excluding ortho intramolecular Hbond substituents is 1. The molecule has 2 atom stereocenters. The number of rotatable bonds is 23. The van der Waals surface area contributed by atoms with Crippen molar-refractivity contribution in [1.82, 2.24) is 0 Å². The molecule has 0 bridgehead atoms. The number of ketones is 1. The van der Waals surface area contributed by atoms with E-state index < -0.39 is 6.10 Å². The van der Waals surface area contributed by atoms with E-state index >= 15 is 0 Å². The lowest BCUT2D eigenvalue weighted by atomic mass is 9.98. The molecule has 0 unspecified atom stereocenters. The first kappa shape index (κ1) is 32.8. The van der Waals surface area contributed by atoms with Crippen molar-refractivity contribution in [1.29, 1.82) is 0 Å². The zero-order valence-corrected chi connectivity index (χ0v) is 24.4. The maximum atomic E-state index is 12.5. The monoisotopic (exact) mass is 540 g/mol. The number of Topliss-reactive ketones (excluding diaryl/α,β-unsaturated/α-hetero) is 1. The molecule has 2 rings (SSSR count). The number of aryl methyl sites for hydroxylation is 1. The van der Waals surface area contributed by atoms with Crippen LogP contribution in [0.4, 0.5) is 0 Å². The van der Waals surface area contributed by atoms with Gasteiger partial charge in [0.2, 0.25) is 0 Å². The standard InChI is InChI=1S/C34H52O5/c1-3-4-5-6-7-8-9-10-11-12-13-14-34(39-27-29-18-23-33(38-2)24-19-29)26-32(37)25-31(36)22-17-28-15-20-30(35)21-16-28/h15-16,18-21,23-24,32,34-35,37H,3-14,17,22,25-27H2,1-2H3/t32-,34-/m1/s1. The lowest BCUT2D eigenvalue weighted by molar-refractivity contribution is -0.121. The molecule has 0 saturated carbocycles. The predicted molar refractivity (Wildman–Crippen MR) is 159 cm³/mol. The summed E-state index contributed by atoms with van der Waals surface area (Å²) in [6.07, 6.45) is 16.0. The molecule has 39 heavy (non-hydrogen) atoms. The van der Waals surface area contributed by atoms with Gasteiger partial charge in [0.1, 0.15) is 17.3 Å². The zero-order chi connectivity index (χ0) is 28.1. The summed E-state index contributed by atoms with van der Waals surface area (Å²) >= 11 is 0. The Hall–Kier alpha value is -2.37. The van der Waals surface area contributed by atoms with E-state index in [9.17, 15) is 15.0 Å². The first-order valence-electron chi connectivity index (χ1n) is 15.2. The highest BCUT2D eigenvalue weighted by molar-refractivity contribution is 5.79. The third-order valence-electron chi connectivity index (χ3n) is 7.40. The zero-order valence-electron chi connectivity index (χ0n) is 24.4. The molecular formula is C34H52O5. The third kappa shape index (κ3) is 15.7. The van der Waals surface area contributed by atoms with E-state index in [1.807, 2.05) is 36.4 Å². The summed E-state index contributed by atoms with van der Waals surface area (Å²) in [6, 6.07) is 14.8. The molecule has 5 heteroatoms. The third-order valence-corrected chi connectivity index (χ3v) is 7.40. The van der Waals surface area contributed by atoms with E-state index in [0.29, 0.717) is 25.9 Å². The van der Waals surface area contributed by atoms with Crippen LogP contribution in [0, 0.1) is 0 Å². The highest BCUT2D eigenvalue weighted by Crippen LogP contribution is 2.20. The van der Waals surface area contributed by atoms with Gasteiger partial charge in [0, 0.05) is 12.8 Å². The average molecular weight is 541 g/mol. The second kappa shape index (κ2) is 20.5. The molecule has 0 aliphatic heterocycles. The number of unbranched alkanes of at least 4 members (excludes halogenated alkanes) is 10. The van der Waals surface area contributed by atoms with Crippen LogP contribution in [0.2, 0.25) is 0 Å². The molecule has 0 fully saturated rings. The molecule has 0 radical (unpaired) electrons. The molecule has 218 valence electrons. The number of aliphatic hydroxyl groups excluding tert-OH is 1. The van der Waals surface area contributed by atoms with Crippen LogP contribution in [0.3, 0.4) is 0 Å². The van der Waals surface area contributed by atoms with Crippen LogP contribution >= 0.6 is 0 Å². The van der Waals surface area contributed by atoms with Gasteiger partial charge in [-0.1, -0.05) is 102 Å². The van der Waals surface area contributed by atoms with Crippen molar-refractivity contribution in [3.8, 4) is 11.5 Å². The van der Waals surface area contributed by atoms with E-state index in [4.69, 9.17) is 9.47 Å². The number of phenols is 1. The van der Waals surface area contributed by atoms with Crippen molar-refractivity contribution in [3.05, 3.63) is 59.7 Å². The minimum atomic E-state index is -0.703. The summed E-state index contributed by atoms with van der Waals surface area (Å²) in [5.74, 6) is 1.09. The molecule has 0 saturated heterocycles. The van der Waals surface area contributed by atoms with Gasteiger partial charge in [0.15, 0.2) is 0 Å². The summed E-state index contributed by atoms with van der Waals surface area (Å²) in [5.41, 5.74) is 2.08. The first-order valence-corrected chi connectivity index (χ1v) is 15.2. The number of carbonyl (C=O) groups is 1. The Kier molecular flexibility index (Phi) is 17.3. The summed E-state index contributed by atoms with van der Waals surface area (Å²) in [6.45, 7) is 2.74. The number of methoxy groups -OCH3 is 1.